The Morgan fingerprint density at radius 2 is 1.84 bits per heavy atom. The minimum absolute atomic E-state index is 0.00710. The summed E-state index contributed by atoms with van der Waals surface area (Å²) in [6.45, 7) is 7.34. The first-order valence-electron chi connectivity index (χ1n) is 8.78. The summed E-state index contributed by atoms with van der Waals surface area (Å²) >= 11 is 0. The number of ether oxygens (including phenoxy) is 2. The fraction of sp³-hybridized carbons (Fsp3) is 0.381. The van der Waals surface area contributed by atoms with Gasteiger partial charge in [-0.25, -0.2) is 0 Å². The van der Waals surface area contributed by atoms with Gasteiger partial charge < -0.3 is 14.8 Å². The molecule has 1 amide bonds. The molecule has 132 valence electrons. The molecule has 1 atom stereocenters. The van der Waals surface area contributed by atoms with E-state index in [2.05, 4.69) is 37.4 Å². The third-order valence-electron chi connectivity index (χ3n) is 4.53. The highest BCUT2D eigenvalue weighted by Crippen LogP contribution is 2.31. The van der Waals surface area contributed by atoms with E-state index in [0.29, 0.717) is 26.1 Å². The molecule has 2 aromatic carbocycles. The molecule has 4 heteroatoms. The van der Waals surface area contributed by atoms with Gasteiger partial charge in [-0.05, 0) is 56.0 Å². The summed E-state index contributed by atoms with van der Waals surface area (Å²) in [6, 6.07) is 12.2. The van der Waals surface area contributed by atoms with Crippen LogP contribution in [-0.2, 0) is 11.2 Å². The van der Waals surface area contributed by atoms with Crippen LogP contribution in [0.15, 0.2) is 36.4 Å². The van der Waals surface area contributed by atoms with E-state index in [1.807, 2.05) is 25.1 Å². The highest BCUT2D eigenvalue weighted by atomic mass is 16.6. The van der Waals surface area contributed by atoms with Crippen LogP contribution < -0.4 is 14.8 Å². The van der Waals surface area contributed by atoms with E-state index in [0.717, 1.165) is 17.1 Å². The van der Waals surface area contributed by atoms with E-state index in [1.165, 1.54) is 16.7 Å². The lowest BCUT2D eigenvalue weighted by molar-refractivity contribution is -0.121. The Morgan fingerprint density at radius 1 is 1.08 bits per heavy atom. The Labute approximate surface area is 149 Å². The van der Waals surface area contributed by atoms with E-state index in [1.54, 1.807) is 0 Å². The fourth-order valence-electron chi connectivity index (χ4n) is 3.12. The molecule has 25 heavy (non-hydrogen) atoms. The number of amides is 1. The molecule has 0 aliphatic carbocycles. The van der Waals surface area contributed by atoms with Crippen molar-refractivity contribution in [2.24, 2.45) is 0 Å². The Bertz CT molecular complexity index is 770. The van der Waals surface area contributed by atoms with Crippen LogP contribution in [0.2, 0.25) is 0 Å². The zero-order chi connectivity index (χ0) is 17.8. The van der Waals surface area contributed by atoms with Gasteiger partial charge in [-0.2, -0.15) is 0 Å². The molecular formula is C21H25NO3. The quantitative estimate of drug-likeness (QED) is 0.899. The smallest absolute Gasteiger partial charge is 0.220 e. The van der Waals surface area contributed by atoms with Crippen LogP contribution in [0.1, 0.15) is 41.6 Å². The maximum absolute atomic E-state index is 12.3. The summed E-state index contributed by atoms with van der Waals surface area (Å²) in [5.74, 6) is 1.61. The van der Waals surface area contributed by atoms with Crippen LogP contribution in [-0.4, -0.2) is 19.1 Å². The summed E-state index contributed by atoms with van der Waals surface area (Å²) in [6.07, 6.45) is 1.14. The molecule has 1 aliphatic rings. The molecule has 2 aromatic rings. The molecule has 0 bridgehead atoms. The van der Waals surface area contributed by atoms with Crippen LogP contribution in [0.5, 0.6) is 11.5 Å². The van der Waals surface area contributed by atoms with Gasteiger partial charge in [-0.15, -0.1) is 0 Å². The maximum Gasteiger partial charge on any atom is 0.220 e. The SMILES string of the molecule is Cc1ccc(C)c(C(C)NC(=O)CCc2ccc3c(c2)OCCO3)c1. The largest absolute Gasteiger partial charge is 0.486 e. The lowest BCUT2D eigenvalue weighted by atomic mass is 9.99. The van der Waals surface area contributed by atoms with Crippen LogP contribution >= 0.6 is 0 Å². The van der Waals surface area contributed by atoms with Crippen molar-refractivity contribution in [1.29, 1.82) is 0 Å². The van der Waals surface area contributed by atoms with E-state index in [-0.39, 0.29) is 11.9 Å². The van der Waals surface area contributed by atoms with Crippen LogP contribution in [0, 0.1) is 13.8 Å². The molecule has 3 rings (SSSR count). The highest BCUT2D eigenvalue weighted by Gasteiger charge is 2.14. The van der Waals surface area contributed by atoms with E-state index in [4.69, 9.17) is 9.47 Å². The van der Waals surface area contributed by atoms with Gasteiger partial charge >= 0.3 is 0 Å². The number of nitrogens with one attached hydrogen (secondary N) is 1. The number of carbonyl (C=O) groups excluding carboxylic acids is 1. The Morgan fingerprint density at radius 3 is 2.64 bits per heavy atom. The van der Waals surface area contributed by atoms with E-state index < -0.39 is 0 Å². The first kappa shape index (κ1) is 17.3. The summed E-state index contributed by atoms with van der Waals surface area (Å²) < 4.78 is 11.1. The summed E-state index contributed by atoms with van der Waals surface area (Å²) in [7, 11) is 0. The molecule has 0 spiro atoms. The van der Waals surface area contributed by atoms with Crippen molar-refractivity contribution >= 4 is 5.91 Å². The maximum atomic E-state index is 12.3. The number of rotatable bonds is 5. The molecule has 0 radical (unpaired) electrons. The molecule has 1 heterocycles. The molecule has 0 saturated heterocycles. The summed E-state index contributed by atoms with van der Waals surface area (Å²) in [4.78, 5) is 12.3. The Balaban J connectivity index is 1.56. The topological polar surface area (TPSA) is 47.6 Å². The van der Waals surface area contributed by atoms with Gasteiger partial charge in [0.05, 0.1) is 6.04 Å². The molecule has 1 N–H and O–H groups in total. The van der Waals surface area contributed by atoms with E-state index in [9.17, 15) is 4.79 Å². The lowest BCUT2D eigenvalue weighted by Gasteiger charge is -2.19. The van der Waals surface area contributed by atoms with Gasteiger partial charge in [0, 0.05) is 6.42 Å². The molecule has 1 aliphatic heterocycles. The van der Waals surface area contributed by atoms with Crippen LogP contribution in [0.25, 0.3) is 0 Å². The van der Waals surface area contributed by atoms with Crippen molar-refractivity contribution in [2.75, 3.05) is 13.2 Å². The second-order valence-corrected chi connectivity index (χ2v) is 6.63. The van der Waals surface area contributed by atoms with Crippen molar-refractivity contribution in [3.05, 3.63) is 58.7 Å². The number of carbonyl (C=O) groups is 1. The van der Waals surface area contributed by atoms with Gasteiger partial charge in [0.1, 0.15) is 13.2 Å². The van der Waals surface area contributed by atoms with Gasteiger partial charge in [0.2, 0.25) is 5.91 Å². The minimum atomic E-state index is 0.00710. The third kappa shape index (κ3) is 4.32. The van der Waals surface area contributed by atoms with Crippen molar-refractivity contribution in [1.82, 2.24) is 5.32 Å². The lowest BCUT2D eigenvalue weighted by Crippen LogP contribution is -2.27. The highest BCUT2D eigenvalue weighted by molar-refractivity contribution is 5.76. The molecule has 0 saturated carbocycles. The predicted molar refractivity (Wildman–Crippen MR) is 98.2 cm³/mol. The van der Waals surface area contributed by atoms with Gasteiger partial charge in [-0.1, -0.05) is 29.8 Å². The van der Waals surface area contributed by atoms with Crippen molar-refractivity contribution in [3.8, 4) is 11.5 Å². The number of hydrogen-bond donors (Lipinski definition) is 1. The Kier molecular flexibility index (Phi) is 5.27. The number of aryl methyl sites for hydroxylation is 3. The first-order valence-corrected chi connectivity index (χ1v) is 8.78. The first-order chi connectivity index (χ1) is 12.0. The van der Waals surface area contributed by atoms with Crippen LogP contribution in [0.4, 0.5) is 0 Å². The zero-order valence-corrected chi connectivity index (χ0v) is 15.1. The molecule has 1 unspecified atom stereocenters. The third-order valence-corrected chi connectivity index (χ3v) is 4.53. The Hall–Kier alpha value is -2.49. The van der Waals surface area contributed by atoms with Gasteiger partial charge in [0.25, 0.3) is 0 Å². The molecule has 4 nitrogen and oxygen atoms in total. The molecule has 0 fully saturated rings. The van der Waals surface area contributed by atoms with Crippen molar-refractivity contribution < 1.29 is 14.3 Å². The number of fused-ring (bicyclic) bond motifs is 1. The summed E-state index contributed by atoms with van der Waals surface area (Å²) in [5.41, 5.74) is 4.66. The standard InChI is InChI=1S/C21H25NO3/c1-14-4-5-15(2)18(12-14)16(3)22-21(23)9-7-17-6-8-19-20(13-17)25-11-10-24-19/h4-6,8,12-13,16H,7,9-11H2,1-3H3,(H,22,23). The van der Waals surface area contributed by atoms with Crippen molar-refractivity contribution in [3.63, 3.8) is 0 Å². The van der Waals surface area contributed by atoms with Crippen molar-refractivity contribution in [2.45, 2.75) is 39.7 Å². The second kappa shape index (κ2) is 7.60. The fourth-order valence-corrected chi connectivity index (χ4v) is 3.12. The minimum Gasteiger partial charge on any atom is -0.486 e. The summed E-state index contributed by atoms with van der Waals surface area (Å²) in [5, 5.41) is 3.10. The van der Waals surface area contributed by atoms with Crippen LogP contribution in [0.3, 0.4) is 0 Å². The van der Waals surface area contributed by atoms with Gasteiger partial charge in [0.15, 0.2) is 11.5 Å². The van der Waals surface area contributed by atoms with Gasteiger partial charge in [-0.3, -0.25) is 4.79 Å². The average molecular weight is 339 g/mol. The number of hydrogen-bond acceptors (Lipinski definition) is 3. The number of benzene rings is 2. The molecule has 0 aromatic heterocycles. The monoisotopic (exact) mass is 339 g/mol. The van der Waals surface area contributed by atoms with E-state index >= 15 is 0 Å². The predicted octanol–water partition coefficient (Wildman–Crippen LogP) is 3.88. The zero-order valence-electron chi connectivity index (χ0n) is 15.1. The average Bonchev–Trinajstić information content (AvgIpc) is 2.61. The normalized spacial score (nSPS) is 14.0. The second-order valence-electron chi connectivity index (χ2n) is 6.63. The molecular weight excluding hydrogens is 314 g/mol.